The third-order valence-corrected chi connectivity index (χ3v) is 2.91. The summed E-state index contributed by atoms with van der Waals surface area (Å²) < 4.78 is 13.7. The minimum atomic E-state index is -0.322. The standard InChI is InChI=1S/C12H12ClFN2/c13-9-3-1-4-10(14)12(9)8(7-15)11-5-2-6-16-11/h1-6,8,16H,7,15H2. The van der Waals surface area contributed by atoms with Crippen LogP contribution in [0.1, 0.15) is 17.2 Å². The summed E-state index contributed by atoms with van der Waals surface area (Å²) >= 11 is 6.01. The van der Waals surface area contributed by atoms with Gasteiger partial charge in [-0.2, -0.15) is 0 Å². The summed E-state index contributed by atoms with van der Waals surface area (Å²) in [5, 5.41) is 0.407. The lowest BCUT2D eigenvalue weighted by atomic mass is 9.95. The molecule has 16 heavy (non-hydrogen) atoms. The monoisotopic (exact) mass is 238 g/mol. The number of nitrogens with two attached hydrogens (primary N) is 1. The molecule has 2 nitrogen and oxygen atoms in total. The molecular weight excluding hydrogens is 227 g/mol. The molecule has 0 fully saturated rings. The first kappa shape index (κ1) is 11.2. The van der Waals surface area contributed by atoms with Crippen LogP contribution < -0.4 is 5.73 Å². The maximum atomic E-state index is 13.7. The van der Waals surface area contributed by atoms with E-state index in [1.54, 1.807) is 18.3 Å². The molecule has 0 radical (unpaired) electrons. The molecule has 1 heterocycles. The van der Waals surface area contributed by atoms with Crippen LogP contribution in [0.3, 0.4) is 0 Å². The Labute approximate surface area is 98.2 Å². The first-order valence-corrected chi connectivity index (χ1v) is 5.39. The van der Waals surface area contributed by atoms with Gasteiger partial charge >= 0.3 is 0 Å². The zero-order chi connectivity index (χ0) is 11.5. The lowest BCUT2D eigenvalue weighted by molar-refractivity contribution is 0.595. The van der Waals surface area contributed by atoms with Crippen molar-refractivity contribution in [1.29, 1.82) is 0 Å². The Morgan fingerprint density at radius 1 is 1.31 bits per heavy atom. The van der Waals surface area contributed by atoms with Crippen LogP contribution in [0.5, 0.6) is 0 Å². The van der Waals surface area contributed by atoms with Gasteiger partial charge < -0.3 is 10.7 Å². The number of hydrogen-bond donors (Lipinski definition) is 2. The molecule has 0 aliphatic carbocycles. The molecule has 1 atom stereocenters. The van der Waals surface area contributed by atoms with Crippen molar-refractivity contribution in [2.45, 2.75) is 5.92 Å². The summed E-state index contributed by atoms with van der Waals surface area (Å²) in [4.78, 5) is 3.04. The molecule has 0 saturated carbocycles. The lowest BCUT2D eigenvalue weighted by Crippen LogP contribution is -2.16. The average molecular weight is 239 g/mol. The molecule has 3 N–H and O–H groups in total. The molecule has 4 heteroatoms. The van der Waals surface area contributed by atoms with Crippen LogP contribution in [-0.4, -0.2) is 11.5 Å². The van der Waals surface area contributed by atoms with Crippen molar-refractivity contribution in [3.63, 3.8) is 0 Å². The molecule has 0 saturated heterocycles. The number of H-pyrrole nitrogens is 1. The summed E-state index contributed by atoms with van der Waals surface area (Å²) in [6.45, 7) is 0.307. The van der Waals surface area contributed by atoms with Crippen molar-refractivity contribution in [3.8, 4) is 0 Å². The van der Waals surface area contributed by atoms with E-state index in [1.807, 2.05) is 12.1 Å². The second-order valence-corrected chi connectivity index (χ2v) is 3.96. The normalized spacial score (nSPS) is 12.7. The highest BCUT2D eigenvalue weighted by Crippen LogP contribution is 2.30. The third kappa shape index (κ3) is 1.96. The van der Waals surface area contributed by atoms with Crippen LogP contribution >= 0.6 is 11.6 Å². The maximum Gasteiger partial charge on any atom is 0.128 e. The van der Waals surface area contributed by atoms with E-state index in [1.165, 1.54) is 6.07 Å². The Balaban J connectivity index is 2.49. The van der Waals surface area contributed by atoms with E-state index in [-0.39, 0.29) is 11.7 Å². The first-order valence-electron chi connectivity index (χ1n) is 5.01. The van der Waals surface area contributed by atoms with Gasteiger partial charge in [0.15, 0.2) is 0 Å². The predicted molar refractivity (Wildman–Crippen MR) is 63.1 cm³/mol. The lowest BCUT2D eigenvalue weighted by Gasteiger charge is -2.16. The Hall–Kier alpha value is -1.32. The minimum Gasteiger partial charge on any atom is -0.364 e. The highest BCUT2D eigenvalue weighted by Gasteiger charge is 2.19. The Morgan fingerprint density at radius 2 is 2.12 bits per heavy atom. The van der Waals surface area contributed by atoms with E-state index < -0.39 is 0 Å². The molecule has 1 unspecified atom stereocenters. The molecule has 1 aromatic carbocycles. The predicted octanol–water partition coefficient (Wildman–Crippen LogP) is 2.90. The van der Waals surface area contributed by atoms with Crippen molar-refractivity contribution >= 4 is 11.6 Å². The molecule has 2 aromatic rings. The number of hydrogen-bond acceptors (Lipinski definition) is 1. The molecule has 0 spiro atoms. The molecule has 1 aromatic heterocycles. The SMILES string of the molecule is NCC(c1ccc[nH]1)c1c(F)cccc1Cl. The van der Waals surface area contributed by atoms with Gasteiger partial charge in [0, 0.05) is 34.9 Å². The summed E-state index contributed by atoms with van der Waals surface area (Å²) in [7, 11) is 0. The van der Waals surface area contributed by atoms with Crippen LogP contribution in [0.4, 0.5) is 4.39 Å². The van der Waals surface area contributed by atoms with Crippen molar-refractivity contribution in [3.05, 3.63) is 58.6 Å². The van der Waals surface area contributed by atoms with Crippen LogP contribution in [0.25, 0.3) is 0 Å². The van der Waals surface area contributed by atoms with Gasteiger partial charge in [-0.1, -0.05) is 17.7 Å². The fourth-order valence-corrected chi connectivity index (χ4v) is 2.10. The first-order chi connectivity index (χ1) is 7.74. The van der Waals surface area contributed by atoms with Crippen LogP contribution in [0, 0.1) is 5.82 Å². The second-order valence-electron chi connectivity index (χ2n) is 3.55. The second kappa shape index (κ2) is 4.68. The number of benzene rings is 1. The minimum absolute atomic E-state index is 0.233. The summed E-state index contributed by atoms with van der Waals surface area (Å²) in [5.74, 6) is -0.554. The van der Waals surface area contributed by atoms with E-state index in [0.717, 1.165) is 5.69 Å². The van der Waals surface area contributed by atoms with Gasteiger partial charge in [0.1, 0.15) is 5.82 Å². The van der Waals surface area contributed by atoms with Crippen LogP contribution in [0.15, 0.2) is 36.5 Å². The van der Waals surface area contributed by atoms with E-state index >= 15 is 0 Å². The highest BCUT2D eigenvalue weighted by molar-refractivity contribution is 6.31. The summed E-state index contributed by atoms with van der Waals surface area (Å²) in [6.07, 6.45) is 1.78. The molecule has 0 aliphatic heterocycles. The zero-order valence-electron chi connectivity index (χ0n) is 8.58. The van der Waals surface area contributed by atoms with Gasteiger partial charge in [0.05, 0.1) is 0 Å². The van der Waals surface area contributed by atoms with Crippen molar-refractivity contribution in [2.75, 3.05) is 6.54 Å². The fourth-order valence-electron chi connectivity index (χ4n) is 1.80. The molecule has 2 rings (SSSR count). The summed E-state index contributed by atoms with van der Waals surface area (Å²) in [6, 6.07) is 8.38. The zero-order valence-corrected chi connectivity index (χ0v) is 9.34. The van der Waals surface area contributed by atoms with Gasteiger partial charge in [-0.25, -0.2) is 4.39 Å². The van der Waals surface area contributed by atoms with Crippen molar-refractivity contribution in [2.24, 2.45) is 5.73 Å². The van der Waals surface area contributed by atoms with Gasteiger partial charge in [-0.15, -0.1) is 0 Å². The van der Waals surface area contributed by atoms with Crippen LogP contribution in [-0.2, 0) is 0 Å². The molecule has 0 amide bonds. The smallest absolute Gasteiger partial charge is 0.128 e. The molecule has 0 aliphatic rings. The Kier molecular flexibility index (Phi) is 3.27. The van der Waals surface area contributed by atoms with Crippen LogP contribution in [0.2, 0.25) is 5.02 Å². The number of aromatic nitrogens is 1. The van der Waals surface area contributed by atoms with Crippen molar-refractivity contribution in [1.82, 2.24) is 4.98 Å². The van der Waals surface area contributed by atoms with Gasteiger partial charge in [0.2, 0.25) is 0 Å². The maximum absolute atomic E-state index is 13.7. The topological polar surface area (TPSA) is 41.8 Å². The third-order valence-electron chi connectivity index (χ3n) is 2.58. The quantitative estimate of drug-likeness (QED) is 0.848. The van der Waals surface area contributed by atoms with Crippen molar-refractivity contribution < 1.29 is 4.39 Å². The Morgan fingerprint density at radius 3 is 2.69 bits per heavy atom. The van der Waals surface area contributed by atoms with E-state index in [9.17, 15) is 4.39 Å². The molecule has 0 bridgehead atoms. The number of halogens is 2. The number of rotatable bonds is 3. The molecule has 84 valence electrons. The fraction of sp³-hybridized carbons (Fsp3) is 0.167. The van der Waals surface area contributed by atoms with Gasteiger partial charge in [-0.3, -0.25) is 0 Å². The summed E-state index contributed by atoms with van der Waals surface area (Å²) in [5.41, 5.74) is 7.01. The number of aromatic amines is 1. The van der Waals surface area contributed by atoms with E-state index in [0.29, 0.717) is 17.1 Å². The van der Waals surface area contributed by atoms with E-state index in [2.05, 4.69) is 4.98 Å². The largest absolute Gasteiger partial charge is 0.364 e. The average Bonchev–Trinajstić information content (AvgIpc) is 2.77. The van der Waals surface area contributed by atoms with E-state index in [4.69, 9.17) is 17.3 Å². The van der Waals surface area contributed by atoms with Gasteiger partial charge in [0.25, 0.3) is 0 Å². The highest BCUT2D eigenvalue weighted by atomic mass is 35.5. The Bertz CT molecular complexity index is 448. The number of nitrogens with one attached hydrogen (secondary N) is 1. The molecular formula is C12H12ClFN2. The van der Waals surface area contributed by atoms with Gasteiger partial charge in [-0.05, 0) is 24.3 Å².